The summed E-state index contributed by atoms with van der Waals surface area (Å²) in [5.41, 5.74) is 0.784. The fraction of sp³-hybridized carbons (Fsp3) is 0.412. The van der Waals surface area contributed by atoms with Crippen molar-refractivity contribution < 1.29 is 9.53 Å². The monoisotopic (exact) mass is 361 g/mol. The first-order valence-corrected chi connectivity index (χ1v) is 8.72. The number of hydrogen-bond donors (Lipinski definition) is 0. The minimum Gasteiger partial charge on any atom is -0.489 e. The predicted molar refractivity (Wildman–Crippen MR) is 96.7 cm³/mol. The Labute approximate surface area is 151 Å². The number of carbonyl (C=O) groups excluding carboxylic acids is 1. The molecule has 25 heavy (non-hydrogen) atoms. The standard InChI is InChI=1S/C17H20ClN5O2/c1-20-5-4-19-16(20)21-6-8-22(9-7-21)17(24)23-10-11-25-15-12-13(18)2-3-14(15)23/h2-5,12H,6-11H2,1H3. The van der Waals surface area contributed by atoms with Crippen molar-refractivity contribution in [3.63, 3.8) is 0 Å². The van der Waals surface area contributed by atoms with E-state index in [1.807, 2.05) is 28.8 Å². The van der Waals surface area contributed by atoms with Crippen molar-refractivity contribution in [1.29, 1.82) is 0 Å². The van der Waals surface area contributed by atoms with Gasteiger partial charge in [-0.1, -0.05) is 11.6 Å². The molecule has 0 bridgehead atoms. The van der Waals surface area contributed by atoms with Gasteiger partial charge < -0.3 is 19.1 Å². The largest absolute Gasteiger partial charge is 0.489 e. The highest BCUT2D eigenvalue weighted by Crippen LogP contribution is 2.34. The van der Waals surface area contributed by atoms with E-state index in [1.165, 1.54) is 0 Å². The van der Waals surface area contributed by atoms with Crippen molar-refractivity contribution in [2.45, 2.75) is 0 Å². The van der Waals surface area contributed by atoms with Gasteiger partial charge in [-0.15, -0.1) is 0 Å². The lowest BCUT2D eigenvalue weighted by Crippen LogP contribution is -2.54. The second kappa shape index (κ2) is 6.48. The SMILES string of the molecule is Cn1ccnc1N1CCN(C(=O)N2CCOc3cc(Cl)ccc32)CC1. The number of halogens is 1. The number of rotatable bonds is 1. The van der Waals surface area contributed by atoms with Crippen LogP contribution in [-0.2, 0) is 7.05 Å². The third-order valence-electron chi connectivity index (χ3n) is 4.64. The fourth-order valence-electron chi connectivity index (χ4n) is 3.32. The average Bonchev–Trinajstić information content (AvgIpc) is 3.06. The molecule has 4 rings (SSSR count). The van der Waals surface area contributed by atoms with E-state index in [1.54, 1.807) is 23.2 Å². The molecule has 1 aromatic carbocycles. The number of piperazine rings is 1. The smallest absolute Gasteiger partial charge is 0.324 e. The van der Waals surface area contributed by atoms with Crippen molar-refractivity contribution in [1.82, 2.24) is 14.5 Å². The summed E-state index contributed by atoms with van der Waals surface area (Å²) in [6.07, 6.45) is 3.73. The molecule has 2 aliphatic rings. The summed E-state index contributed by atoms with van der Waals surface area (Å²) < 4.78 is 7.63. The van der Waals surface area contributed by atoms with Crippen LogP contribution in [0.2, 0.25) is 5.02 Å². The van der Waals surface area contributed by atoms with Gasteiger partial charge in [0.15, 0.2) is 0 Å². The summed E-state index contributed by atoms with van der Waals surface area (Å²) in [5, 5.41) is 0.608. The first-order valence-electron chi connectivity index (χ1n) is 8.34. The number of amides is 2. The molecule has 0 aliphatic carbocycles. The van der Waals surface area contributed by atoms with E-state index in [9.17, 15) is 4.79 Å². The van der Waals surface area contributed by atoms with Crippen LogP contribution in [0.3, 0.4) is 0 Å². The highest BCUT2D eigenvalue weighted by Gasteiger charge is 2.30. The summed E-state index contributed by atoms with van der Waals surface area (Å²) in [4.78, 5) is 23.2. The molecule has 1 fully saturated rings. The molecule has 0 spiro atoms. The zero-order valence-electron chi connectivity index (χ0n) is 14.1. The van der Waals surface area contributed by atoms with E-state index < -0.39 is 0 Å². The van der Waals surface area contributed by atoms with Gasteiger partial charge in [0.2, 0.25) is 5.95 Å². The molecule has 1 aromatic heterocycles. The zero-order chi connectivity index (χ0) is 17.4. The first kappa shape index (κ1) is 16.1. The predicted octanol–water partition coefficient (Wildman–Crippen LogP) is 2.21. The number of carbonyl (C=O) groups is 1. The van der Waals surface area contributed by atoms with Gasteiger partial charge in [0.1, 0.15) is 12.4 Å². The summed E-state index contributed by atoms with van der Waals surface area (Å²) >= 11 is 6.02. The molecule has 2 aromatic rings. The Bertz CT molecular complexity index is 785. The number of anilines is 2. The van der Waals surface area contributed by atoms with E-state index in [4.69, 9.17) is 16.3 Å². The van der Waals surface area contributed by atoms with Crippen LogP contribution in [0.4, 0.5) is 16.4 Å². The van der Waals surface area contributed by atoms with Crippen molar-refractivity contribution in [3.05, 3.63) is 35.6 Å². The van der Waals surface area contributed by atoms with Crippen LogP contribution in [0.15, 0.2) is 30.6 Å². The molecule has 0 saturated carbocycles. The van der Waals surface area contributed by atoms with Crippen LogP contribution in [0, 0.1) is 0 Å². The quantitative estimate of drug-likeness (QED) is 0.781. The Morgan fingerprint density at radius 3 is 2.72 bits per heavy atom. The Kier molecular flexibility index (Phi) is 4.17. The Morgan fingerprint density at radius 2 is 2.00 bits per heavy atom. The number of hydrogen-bond acceptors (Lipinski definition) is 4. The van der Waals surface area contributed by atoms with Gasteiger partial charge in [-0.3, -0.25) is 4.90 Å². The highest BCUT2D eigenvalue weighted by atomic mass is 35.5. The van der Waals surface area contributed by atoms with Crippen LogP contribution in [0.1, 0.15) is 0 Å². The molecule has 132 valence electrons. The highest BCUT2D eigenvalue weighted by molar-refractivity contribution is 6.30. The number of imidazole rings is 1. The van der Waals surface area contributed by atoms with E-state index in [-0.39, 0.29) is 6.03 Å². The van der Waals surface area contributed by atoms with Gasteiger partial charge in [0, 0.05) is 56.7 Å². The zero-order valence-corrected chi connectivity index (χ0v) is 14.8. The van der Waals surface area contributed by atoms with Gasteiger partial charge in [0.05, 0.1) is 12.2 Å². The Hall–Kier alpha value is -2.41. The lowest BCUT2D eigenvalue weighted by atomic mass is 10.2. The van der Waals surface area contributed by atoms with Crippen molar-refractivity contribution >= 4 is 29.3 Å². The lowest BCUT2D eigenvalue weighted by molar-refractivity contribution is 0.196. The van der Waals surface area contributed by atoms with Crippen LogP contribution in [-0.4, -0.2) is 59.8 Å². The van der Waals surface area contributed by atoms with Gasteiger partial charge in [-0.25, -0.2) is 9.78 Å². The molecule has 0 unspecified atom stereocenters. The van der Waals surface area contributed by atoms with Crippen LogP contribution < -0.4 is 14.5 Å². The van der Waals surface area contributed by atoms with Crippen LogP contribution in [0.25, 0.3) is 0 Å². The van der Waals surface area contributed by atoms with Gasteiger partial charge in [-0.05, 0) is 12.1 Å². The molecule has 0 N–H and O–H groups in total. The molecule has 0 radical (unpaired) electrons. The lowest BCUT2D eigenvalue weighted by Gasteiger charge is -2.39. The molecule has 2 aliphatic heterocycles. The third kappa shape index (κ3) is 3.00. The van der Waals surface area contributed by atoms with Crippen LogP contribution in [0.5, 0.6) is 5.75 Å². The number of aromatic nitrogens is 2. The maximum atomic E-state index is 13.0. The number of urea groups is 1. The molecule has 0 atom stereocenters. The van der Waals surface area contributed by atoms with Crippen molar-refractivity contribution in [2.75, 3.05) is 49.1 Å². The normalized spacial score (nSPS) is 17.3. The van der Waals surface area contributed by atoms with Gasteiger partial charge >= 0.3 is 6.03 Å². The molecule has 7 nitrogen and oxygen atoms in total. The van der Waals surface area contributed by atoms with E-state index >= 15 is 0 Å². The number of aryl methyl sites for hydroxylation is 1. The number of benzene rings is 1. The van der Waals surface area contributed by atoms with E-state index in [0.29, 0.717) is 37.0 Å². The van der Waals surface area contributed by atoms with Gasteiger partial charge in [-0.2, -0.15) is 0 Å². The summed E-state index contributed by atoms with van der Waals surface area (Å²) in [7, 11) is 1.98. The minimum atomic E-state index is 0.0198. The Morgan fingerprint density at radius 1 is 1.20 bits per heavy atom. The average molecular weight is 362 g/mol. The van der Waals surface area contributed by atoms with Crippen molar-refractivity contribution in [2.24, 2.45) is 7.05 Å². The van der Waals surface area contributed by atoms with E-state index in [0.717, 1.165) is 24.7 Å². The number of nitrogens with zero attached hydrogens (tertiary/aromatic N) is 5. The summed E-state index contributed by atoms with van der Waals surface area (Å²) in [6.45, 7) is 3.92. The molecule has 8 heteroatoms. The molecular formula is C17H20ClN5O2. The van der Waals surface area contributed by atoms with E-state index in [2.05, 4.69) is 9.88 Å². The number of ether oxygens (including phenoxy) is 1. The molecule has 1 saturated heterocycles. The molecule has 3 heterocycles. The second-order valence-electron chi connectivity index (χ2n) is 6.21. The summed E-state index contributed by atoms with van der Waals surface area (Å²) in [6, 6.07) is 5.41. The maximum Gasteiger partial charge on any atom is 0.324 e. The third-order valence-corrected chi connectivity index (χ3v) is 4.88. The van der Waals surface area contributed by atoms with Crippen molar-refractivity contribution in [3.8, 4) is 5.75 Å². The van der Waals surface area contributed by atoms with Gasteiger partial charge in [0.25, 0.3) is 0 Å². The summed E-state index contributed by atoms with van der Waals surface area (Å²) in [5.74, 6) is 1.61. The second-order valence-corrected chi connectivity index (χ2v) is 6.64. The minimum absolute atomic E-state index is 0.0198. The van der Waals surface area contributed by atoms with Crippen LogP contribution >= 0.6 is 11.6 Å². The molecule has 2 amide bonds. The first-order chi connectivity index (χ1) is 12.1. The molecular weight excluding hydrogens is 342 g/mol. The maximum absolute atomic E-state index is 13.0. The number of fused-ring (bicyclic) bond motifs is 1. The Balaban J connectivity index is 1.46. The topological polar surface area (TPSA) is 53.8 Å². The fourth-order valence-corrected chi connectivity index (χ4v) is 3.49.